The van der Waals surface area contributed by atoms with Crippen molar-refractivity contribution in [3.05, 3.63) is 82.4 Å². The fraction of sp³-hybridized carbons (Fsp3) is 0.483. The van der Waals surface area contributed by atoms with Gasteiger partial charge in [0.2, 0.25) is 15.9 Å². The molecule has 1 saturated carbocycles. The number of amides is 1. The molecule has 1 aliphatic heterocycles. The lowest BCUT2D eigenvalue weighted by Crippen LogP contribution is -2.58. The summed E-state index contributed by atoms with van der Waals surface area (Å²) >= 11 is 12.7. The molecular weight excluding hydrogens is 527 g/mol. The molecule has 1 aliphatic carbocycles. The molecule has 2 aromatic rings. The Morgan fingerprint density at radius 2 is 1.81 bits per heavy atom. The maximum atomic E-state index is 14.5. The molecule has 0 unspecified atom stereocenters. The summed E-state index contributed by atoms with van der Waals surface area (Å²) in [5.41, 5.74) is 1.37. The van der Waals surface area contributed by atoms with Crippen LogP contribution in [0.3, 0.4) is 0 Å². The number of carbonyl (C=O) groups excluding carboxylic acids is 1. The van der Waals surface area contributed by atoms with Gasteiger partial charge in [-0.1, -0.05) is 67.4 Å². The summed E-state index contributed by atoms with van der Waals surface area (Å²) in [6.07, 6.45) is 6.17. The van der Waals surface area contributed by atoms with E-state index in [9.17, 15) is 13.2 Å². The fourth-order valence-electron chi connectivity index (χ4n) is 5.91. The predicted octanol–water partition coefficient (Wildman–Crippen LogP) is 6.69. The van der Waals surface area contributed by atoms with Crippen molar-refractivity contribution in [2.75, 3.05) is 19.3 Å². The molecule has 2 fully saturated rings. The third kappa shape index (κ3) is 6.08. The highest BCUT2D eigenvalue weighted by molar-refractivity contribution is 7.88. The second-order valence-electron chi connectivity index (χ2n) is 10.7. The van der Waals surface area contributed by atoms with Gasteiger partial charge in [0.25, 0.3) is 0 Å². The number of piperidine rings is 1. The lowest BCUT2D eigenvalue weighted by atomic mass is 9.67. The standard InChI is InChI=1S/C29H36Cl2N2O3S/c1-5-16-29(3)18-25(22-8-7-9-24(31)17-22)27(21-12-14-23(30)15-13-21)33(28(29)34)26(20-10-11-20)19-32(6-2)37(4,35)36/h5,7-9,12-15,17,20,25-27H,1,6,10-11,16,18-19H2,2-4H3/t25-,26+,27-,29+/m1/s1. The normalized spacial score (nSPS) is 25.4. The maximum Gasteiger partial charge on any atom is 0.229 e. The van der Waals surface area contributed by atoms with Crippen molar-refractivity contribution in [2.24, 2.45) is 11.3 Å². The van der Waals surface area contributed by atoms with Crippen molar-refractivity contribution < 1.29 is 13.2 Å². The van der Waals surface area contributed by atoms with E-state index in [0.717, 1.165) is 24.0 Å². The van der Waals surface area contributed by atoms with E-state index in [0.29, 0.717) is 29.4 Å². The molecule has 0 spiro atoms. The number of allylic oxidation sites excluding steroid dienone is 1. The molecule has 0 radical (unpaired) electrons. The molecule has 200 valence electrons. The van der Waals surface area contributed by atoms with Crippen LogP contribution < -0.4 is 0 Å². The van der Waals surface area contributed by atoms with Gasteiger partial charge in [0, 0.05) is 35.1 Å². The Balaban J connectivity index is 1.91. The van der Waals surface area contributed by atoms with Gasteiger partial charge in [-0.05, 0) is 67.0 Å². The number of hydrogen-bond acceptors (Lipinski definition) is 3. The van der Waals surface area contributed by atoms with Gasteiger partial charge in [-0.3, -0.25) is 4.79 Å². The van der Waals surface area contributed by atoms with E-state index in [1.807, 2.05) is 67.3 Å². The van der Waals surface area contributed by atoms with Crippen LogP contribution in [0.5, 0.6) is 0 Å². The molecule has 2 aliphatic rings. The number of hydrogen-bond donors (Lipinski definition) is 0. The largest absolute Gasteiger partial charge is 0.330 e. The minimum atomic E-state index is -3.43. The quantitative estimate of drug-likeness (QED) is 0.303. The van der Waals surface area contributed by atoms with Gasteiger partial charge in [0.1, 0.15) is 0 Å². The van der Waals surface area contributed by atoms with E-state index >= 15 is 0 Å². The van der Waals surface area contributed by atoms with E-state index < -0.39 is 15.4 Å². The number of carbonyl (C=O) groups is 1. The Labute approximate surface area is 231 Å². The van der Waals surface area contributed by atoms with Crippen molar-refractivity contribution >= 4 is 39.1 Å². The zero-order chi connectivity index (χ0) is 27.0. The lowest BCUT2D eigenvalue weighted by molar-refractivity contribution is -0.155. The Hall–Kier alpha value is -1.86. The first-order chi connectivity index (χ1) is 17.5. The van der Waals surface area contributed by atoms with Gasteiger partial charge in [-0.2, -0.15) is 0 Å². The third-order valence-electron chi connectivity index (χ3n) is 7.92. The lowest BCUT2D eigenvalue weighted by Gasteiger charge is -2.52. The minimum Gasteiger partial charge on any atom is -0.330 e. The van der Waals surface area contributed by atoms with E-state index in [1.165, 1.54) is 10.6 Å². The van der Waals surface area contributed by atoms with E-state index in [1.54, 1.807) is 0 Å². The average molecular weight is 564 g/mol. The van der Waals surface area contributed by atoms with Crippen LogP contribution in [0.15, 0.2) is 61.2 Å². The Kier molecular flexibility index (Phi) is 8.44. The molecular formula is C29H36Cl2N2O3S. The molecule has 0 N–H and O–H groups in total. The van der Waals surface area contributed by atoms with Crippen LogP contribution in [0, 0.1) is 11.3 Å². The first-order valence-electron chi connectivity index (χ1n) is 12.9. The SMILES string of the molecule is C=CC[C@@]1(C)C[C@H](c2cccc(Cl)c2)[C@@H](c2ccc(Cl)cc2)N([C@@H](CN(CC)S(C)(=O)=O)C2CC2)C1=O. The molecule has 4 rings (SSSR count). The highest BCUT2D eigenvalue weighted by Gasteiger charge is 2.53. The zero-order valence-corrected chi connectivity index (χ0v) is 24.1. The van der Waals surface area contributed by atoms with Crippen molar-refractivity contribution in [2.45, 2.75) is 57.5 Å². The molecule has 0 aromatic heterocycles. The Morgan fingerprint density at radius 3 is 2.35 bits per heavy atom. The van der Waals surface area contributed by atoms with Crippen LogP contribution >= 0.6 is 23.2 Å². The number of sulfonamides is 1. The first kappa shape index (κ1) is 28.2. The average Bonchev–Trinajstić information content (AvgIpc) is 3.67. The molecule has 2 aromatic carbocycles. The van der Waals surface area contributed by atoms with Gasteiger partial charge in [0.05, 0.1) is 17.7 Å². The Bertz CT molecular complexity index is 1250. The third-order valence-corrected chi connectivity index (χ3v) is 9.75. The number of halogens is 2. The van der Waals surface area contributed by atoms with Gasteiger partial charge in [0.15, 0.2) is 0 Å². The highest BCUT2D eigenvalue weighted by atomic mass is 35.5. The van der Waals surface area contributed by atoms with E-state index in [-0.39, 0.29) is 36.4 Å². The molecule has 37 heavy (non-hydrogen) atoms. The Morgan fingerprint density at radius 1 is 1.14 bits per heavy atom. The van der Waals surface area contributed by atoms with Crippen LogP contribution in [0.25, 0.3) is 0 Å². The van der Waals surface area contributed by atoms with Crippen molar-refractivity contribution in [3.63, 3.8) is 0 Å². The summed E-state index contributed by atoms with van der Waals surface area (Å²) in [6, 6.07) is 15.0. The topological polar surface area (TPSA) is 57.7 Å². The van der Waals surface area contributed by atoms with Crippen LogP contribution in [0.1, 0.15) is 62.6 Å². The van der Waals surface area contributed by atoms with E-state index in [2.05, 4.69) is 12.6 Å². The summed E-state index contributed by atoms with van der Waals surface area (Å²) in [6.45, 7) is 8.44. The van der Waals surface area contributed by atoms with Crippen LogP contribution in [-0.2, 0) is 14.8 Å². The monoisotopic (exact) mass is 562 g/mol. The van der Waals surface area contributed by atoms with Crippen LogP contribution in [-0.4, -0.2) is 48.9 Å². The highest BCUT2D eigenvalue weighted by Crippen LogP contribution is 2.54. The summed E-state index contributed by atoms with van der Waals surface area (Å²) in [4.78, 5) is 16.5. The minimum absolute atomic E-state index is 0.0444. The number of likely N-dealkylation sites (tertiary alicyclic amines) is 1. The number of rotatable bonds is 10. The summed E-state index contributed by atoms with van der Waals surface area (Å²) in [5, 5.41) is 1.27. The van der Waals surface area contributed by atoms with Gasteiger partial charge in [-0.25, -0.2) is 12.7 Å². The fourth-order valence-corrected chi connectivity index (χ4v) is 7.12. The van der Waals surface area contributed by atoms with E-state index in [4.69, 9.17) is 23.2 Å². The first-order valence-corrected chi connectivity index (χ1v) is 15.5. The molecule has 1 heterocycles. The smallest absolute Gasteiger partial charge is 0.229 e. The maximum absolute atomic E-state index is 14.5. The number of likely N-dealkylation sites (N-methyl/N-ethyl adjacent to an activating group) is 1. The van der Waals surface area contributed by atoms with Gasteiger partial charge in [-0.15, -0.1) is 6.58 Å². The summed E-state index contributed by atoms with van der Waals surface area (Å²) in [7, 11) is -3.43. The molecule has 4 atom stereocenters. The molecule has 5 nitrogen and oxygen atoms in total. The molecule has 0 bridgehead atoms. The van der Waals surface area contributed by atoms with Crippen molar-refractivity contribution in [1.82, 2.24) is 9.21 Å². The van der Waals surface area contributed by atoms with Gasteiger partial charge < -0.3 is 4.90 Å². The zero-order valence-electron chi connectivity index (χ0n) is 21.7. The molecule has 1 saturated heterocycles. The molecule has 8 heteroatoms. The number of nitrogens with zero attached hydrogens (tertiary/aromatic N) is 2. The van der Waals surface area contributed by atoms with Gasteiger partial charge >= 0.3 is 0 Å². The summed E-state index contributed by atoms with van der Waals surface area (Å²) < 4.78 is 26.8. The van der Waals surface area contributed by atoms with Crippen LogP contribution in [0.4, 0.5) is 0 Å². The van der Waals surface area contributed by atoms with Crippen molar-refractivity contribution in [3.8, 4) is 0 Å². The van der Waals surface area contributed by atoms with Crippen molar-refractivity contribution in [1.29, 1.82) is 0 Å². The second kappa shape index (κ2) is 11.1. The predicted molar refractivity (Wildman–Crippen MR) is 151 cm³/mol. The second-order valence-corrected chi connectivity index (χ2v) is 13.6. The summed E-state index contributed by atoms with van der Waals surface area (Å²) in [5.74, 6) is 0.254. The van der Waals surface area contributed by atoms with Crippen LogP contribution in [0.2, 0.25) is 10.0 Å². The molecule has 1 amide bonds. The number of benzene rings is 2.